The van der Waals surface area contributed by atoms with Crippen molar-refractivity contribution in [2.45, 2.75) is 68.6 Å². The van der Waals surface area contributed by atoms with E-state index in [9.17, 15) is 36.5 Å². The minimum absolute atomic E-state index is 0.0309. The minimum Gasteiger partial charge on any atom is -0.481 e. The van der Waals surface area contributed by atoms with Crippen molar-refractivity contribution >= 4 is 51.8 Å². The summed E-state index contributed by atoms with van der Waals surface area (Å²) in [6.07, 6.45) is -2.15. The van der Waals surface area contributed by atoms with Gasteiger partial charge in [-0.15, -0.1) is 0 Å². The summed E-state index contributed by atoms with van der Waals surface area (Å²) in [7, 11) is -1.45. The Hall–Kier alpha value is -3.19. The van der Waals surface area contributed by atoms with Gasteiger partial charge in [0, 0.05) is 17.0 Å². The molecule has 4 unspecified atom stereocenters. The molecule has 0 spiro atoms. The number of para-hydroxylation sites is 1. The van der Waals surface area contributed by atoms with Gasteiger partial charge in [-0.25, -0.2) is 8.60 Å². The summed E-state index contributed by atoms with van der Waals surface area (Å²) in [4.78, 5) is 26.9. The highest BCUT2D eigenvalue weighted by Crippen LogP contribution is 2.43. The van der Waals surface area contributed by atoms with Gasteiger partial charge in [-0.3, -0.25) is 13.9 Å². The fourth-order valence-corrected chi connectivity index (χ4v) is 7.03. The van der Waals surface area contributed by atoms with Crippen LogP contribution in [0.5, 0.6) is 0 Å². The normalized spacial score (nSPS) is 20.4. The number of nitrogens with zero attached hydrogens (tertiary/aromatic N) is 2. The van der Waals surface area contributed by atoms with E-state index in [2.05, 4.69) is 0 Å². The SMILES string of the molecule is CC(F)(F)F.Clc1ccccc1.O=C(O)CC1OCC(c2ccc(Cl)cc2)N(C(CN(c2ccccc2F)S(=O)C2CC2)C2CC2)C1=O. The monoisotopic (exact) mass is 730 g/mol. The van der Waals surface area contributed by atoms with Crippen LogP contribution in [0.25, 0.3) is 0 Å². The number of anilines is 1. The number of rotatable bonds is 10. The van der Waals surface area contributed by atoms with E-state index in [4.69, 9.17) is 27.9 Å². The fourth-order valence-electron chi connectivity index (χ4n) is 5.22. The molecular weight excluding hydrogens is 695 g/mol. The summed E-state index contributed by atoms with van der Waals surface area (Å²) in [5, 5.41) is 10.7. The number of benzene rings is 3. The Morgan fingerprint density at radius 2 is 1.54 bits per heavy atom. The topological polar surface area (TPSA) is 87.2 Å². The molecule has 4 atom stereocenters. The van der Waals surface area contributed by atoms with Gasteiger partial charge in [-0.05, 0) is 73.6 Å². The molecule has 3 fully saturated rings. The maximum Gasteiger partial charge on any atom is 0.386 e. The van der Waals surface area contributed by atoms with Crippen molar-refractivity contribution in [3.8, 4) is 0 Å². The van der Waals surface area contributed by atoms with Crippen molar-refractivity contribution in [1.29, 1.82) is 0 Å². The zero-order chi connectivity index (χ0) is 35.0. The lowest BCUT2D eigenvalue weighted by Gasteiger charge is -2.45. The Morgan fingerprint density at radius 3 is 2.04 bits per heavy atom. The molecule has 3 aromatic rings. The molecule has 3 aromatic carbocycles. The van der Waals surface area contributed by atoms with Gasteiger partial charge < -0.3 is 14.7 Å². The highest BCUT2D eigenvalue weighted by molar-refractivity contribution is 7.87. The third-order valence-electron chi connectivity index (χ3n) is 7.69. The van der Waals surface area contributed by atoms with Crippen LogP contribution in [-0.4, -0.2) is 62.8 Å². The van der Waals surface area contributed by atoms with Gasteiger partial charge >= 0.3 is 12.1 Å². The van der Waals surface area contributed by atoms with Crippen LogP contribution in [0.2, 0.25) is 10.0 Å². The van der Waals surface area contributed by atoms with Gasteiger partial charge in [0.2, 0.25) is 0 Å². The number of amides is 1. The molecule has 7 nitrogen and oxygen atoms in total. The molecule has 1 amide bonds. The number of alkyl halides is 3. The van der Waals surface area contributed by atoms with Gasteiger partial charge in [-0.2, -0.15) is 13.2 Å². The quantitative estimate of drug-likeness (QED) is 0.213. The highest BCUT2D eigenvalue weighted by Gasteiger charge is 2.48. The summed E-state index contributed by atoms with van der Waals surface area (Å²) in [6, 6.07) is 22.0. The first-order chi connectivity index (χ1) is 22.7. The smallest absolute Gasteiger partial charge is 0.386 e. The summed E-state index contributed by atoms with van der Waals surface area (Å²) >= 11 is 11.6. The highest BCUT2D eigenvalue weighted by atomic mass is 35.5. The predicted molar refractivity (Wildman–Crippen MR) is 178 cm³/mol. The lowest BCUT2D eigenvalue weighted by molar-refractivity contribution is -0.169. The standard InChI is InChI=1S/C26H28ClFN2O5S.C6H5Cl.C2H3F3/c27-18-9-7-17(8-10-18)23-15-35-24(13-25(31)32)26(33)30(23)22(16-5-6-16)14-29(36(34)19-11-12-19)21-4-2-1-3-20(21)28;7-6-4-2-1-3-5-6;1-2(3,4)5/h1-4,7-10,16,19,22-24H,5-6,11-15H2,(H,31,32);1-5H;1H3. The van der Waals surface area contributed by atoms with E-state index in [1.165, 1.54) is 6.07 Å². The van der Waals surface area contributed by atoms with E-state index in [-0.39, 0.29) is 43.0 Å². The molecule has 1 N–H and O–H groups in total. The Labute approximate surface area is 289 Å². The summed E-state index contributed by atoms with van der Waals surface area (Å²) in [5.74, 6) is -1.86. The molecule has 1 aliphatic heterocycles. The second-order valence-electron chi connectivity index (χ2n) is 11.7. The number of halogens is 6. The maximum absolute atomic E-state index is 14.9. The van der Waals surface area contributed by atoms with E-state index in [0.717, 1.165) is 36.3 Å². The fraction of sp³-hybridized carbons (Fsp3) is 0.412. The zero-order valence-electron chi connectivity index (χ0n) is 26.0. The molecule has 0 radical (unpaired) electrons. The van der Waals surface area contributed by atoms with Crippen molar-refractivity contribution in [1.82, 2.24) is 4.90 Å². The number of carboxylic acid groups (broad SMARTS) is 1. The molecule has 6 rings (SSSR count). The minimum atomic E-state index is -4.00. The van der Waals surface area contributed by atoms with Crippen molar-refractivity contribution in [2.24, 2.45) is 5.92 Å². The molecule has 260 valence electrons. The lowest BCUT2D eigenvalue weighted by atomic mass is 9.97. The number of aliphatic carboxylic acids is 1. The van der Waals surface area contributed by atoms with Crippen LogP contribution < -0.4 is 4.31 Å². The first-order valence-electron chi connectivity index (χ1n) is 15.3. The van der Waals surface area contributed by atoms with E-state index >= 15 is 0 Å². The summed E-state index contributed by atoms with van der Waals surface area (Å²) in [5.41, 5.74) is 1.06. The van der Waals surface area contributed by atoms with Gasteiger partial charge in [0.15, 0.2) is 0 Å². The second kappa shape index (κ2) is 17.0. The molecule has 0 aromatic heterocycles. The van der Waals surface area contributed by atoms with Gasteiger partial charge in [-0.1, -0.05) is 65.7 Å². The Bertz CT molecular complexity index is 1540. The number of hydrogen-bond donors (Lipinski definition) is 1. The third-order valence-corrected chi connectivity index (χ3v) is 10.0. The number of ether oxygens (including phenoxy) is 1. The molecule has 2 aliphatic carbocycles. The van der Waals surface area contributed by atoms with Crippen molar-refractivity contribution < 1.29 is 41.2 Å². The molecule has 48 heavy (non-hydrogen) atoms. The first-order valence-corrected chi connectivity index (χ1v) is 17.3. The van der Waals surface area contributed by atoms with Crippen molar-refractivity contribution in [2.75, 3.05) is 17.5 Å². The van der Waals surface area contributed by atoms with Crippen LogP contribution in [0.3, 0.4) is 0 Å². The molecule has 1 heterocycles. The second-order valence-corrected chi connectivity index (χ2v) is 14.2. The van der Waals surface area contributed by atoms with E-state index in [1.807, 2.05) is 42.5 Å². The summed E-state index contributed by atoms with van der Waals surface area (Å²) < 4.78 is 66.8. The third kappa shape index (κ3) is 11.5. The van der Waals surface area contributed by atoms with Crippen molar-refractivity contribution in [3.63, 3.8) is 0 Å². The molecule has 2 saturated carbocycles. The number of morpholine rings is 1. The average Bonchev–Trinajstić information content (AvgIpc) is 3.94. The van der Waals surface area contributed by atoms with E-state index in [0.29, 0.717) is 5.02 Å². The molecule has 1 saturated heterocycles. The van der Waals surface area contributed by atoms with E-state index in [1.54, 1.807) is 39.5 Å². The molecule has 0 bridgehead atoms. The van der Waals surface area contributed by atoms with Crippen LogP contribution in [0.15, 0.2) is 78.9 Å². The Morgan fingerprint density at radius 1 is 0.979 bits per heavy atom. The van der Waals surface area contributed by atoms with Gasteiger partial charge in [0.1, 0.15) is 22.9 Å². The molecular formula is C34H36Cl2F4N2O5S. The van der Waals surface area contributed by atoms with Crippen LogP contribution in [0.4, 0.5) is 23.2 Å². The average molecular weight is 732 g/mol. The van der Waals surface area contributed by atoms with Crippen LogP contribution in [-0.2, 0) is 25.3 Å². The van der Waals surface area contributed by atoms with Crippen molar-refractivity contribution in [3.05, 3.63) is 100 Å². The van der Waals surface area contributed by atoms with Gasteiger partial charge in [0.25, 0.3) is 5.91 Å². The Kier molecular flexibility index (Phi) is 13.3. The zero-order valence-corrected chi connectivity index (χ0v) is 28.3. The number of carbonyl (C=O) groups excluding carboxylic acids is 1. The Balaban J connectivity index is 0.000000367. The van der Waals surface area contributed by atoms with E-state index < -0.39 is 53.4 Å². The summed E-state index contributed by atoms with van der Waals surface area (Å²) in [6.45, 7) is 0.497. The largest absolute Gasteiger partial charge is 0.481 e. The van der Waals surface area contributed by atoms with Gasteiger partial charge in [0.05, 0.1) is 42.6 Å². The van der Waals surface area contributed by atoms with Crippen LogP contribution >= 0.6 is 23.2 Å². The number of carbonyl (C=O) groups is 2. The van der Waals surface area contributed by atoms with Crippen LogP contribution in [0.1, 0.15) is 50.6 Å². The number of carboxylic acids is 1. The predicted octanol–water partition coefficient (Wildman–Crippen LogP) is 8.24. The first kappa shape index (κ1) is 37.6. The molecule has 3 aliphatic rings. The maximum atomic E-state index is 14.9. The number of hydrogen-bond acceptors (Lipinski definition) is 4. The lowest BCUT2D eigenvalue weighted by Crippen LogP contribution is -2.58. The van der Waals surface area contributed by atoms with Crippen LogP contribution in [0, 0.1) is 11.7 Å². The molecule has 14 heteroatoms.